The van der Waals surface area contributed by atoms with Gasteiger partial charge in [-0.3, -0.25) is 4.79 Å². The zero-order valence-corrected chi connectivity index (χ0v) is 12.4. The Kier molecular flexibility index (Phi) is 4.77. The molecule has 0 spiro atoms. The van der Waals surface area contributed by atoms with Crippen LogP contribution in [0.3, 0.4) is 0 Å². The molecule has 1 saturated heterocycles. The molecule has 1 aliphatic heterocycles. The van der Waals surface area contributed by atoms with Crippen LogP contribution >= 0.6 is 27.3 Å². The van der Waals surface area contributed by atoms with Crippen molar-refractivity contribution < 1.29 is 4.79 Å². The van der Waals surface area contributed by atoms with E-state index in [-0.39, 0.29) is 5.78 Å². The first-order valence-corrected chi connectivity index (χ1v) is 7.87. The van der Waals surface area contributed by atoms with Crippen LogP contribution in [-0.2, 0) is 0 Å². The van der Waals surface area contributed by atoms with Crippen molar-refractivity contribution >= 4 is 33.0 Å². The Morgan fingerprint density at radius 3 is 3.12 bits per heavy atom. The third-order valence-electron chi connectivity index (χ3n) is 3.45. The number of carbonyl (C=O) groups is 1. The van der Waals surface area contributed by atoms with E-state index in [9.17, 15) is 4.79 Å². The lowest BCUT2D eigenvalue weighted by atomic mass is 9.88. The van der Waals surface area contributed by atoms with Crippen molar-refractivity contribution in [1.29, 1.82) is 0 Å². The summed E-state index contributed by atoms with van der Waals surface area (Å²) in [7, 11) is 0. The lowest BCUT2D eigenvalue weighted by Gasteiger charge is -2.29. The Hall–Kier alpha value is -0.190. The van der Waals surface area contributed by atoms with Crippen molar-refractivity contribution in [3.05, 3.63) is 20.8 Å². The maximum Gasteiger partial charge on any atom is 0.174 e. The van der Waals surface area contributed by atoms with E-state index in [0.717, 1.165) is 28.2 Å². The molecule has 2 heterocycles. The fraction of sp³-hybridized carbons (Fsp3) is 0.615. The molecule has 2 rings (SSSR count). The smallest absolute Gasteiger partial charge is 0.174 e. The number of hydrogen-bond acceptors (Lipinski definition) is 3. The van der Waals surface area contributed by atoms with Gasteiger partial charge in [-0.15, -0.1) is 11.3 Å². The molecular formula is C13H18BrNOS. The number of carbonyl (C=O) groups excluding carboxylic acids is 1. The summed E-state index contributed by atoms with van der Waals surface area (Å²) >= 11 is 4.92. The summed E-state index contributed by atoms with van der Waals surface area (Å²) in [6.07, 6.45) is 4.28. The highest BCUT2D eigenvalue weighted by molar-refractivity contribution is 9.10. The van der Waals surface area contributed by atoms with Gasteiger partial charge in [0, 0.05) is 22.3 Å². The summed E-state index contributed by atoms with van der Waals surface area (Å²) in [5, 5.41) is 5.43. The zero-order chi connectivity index (χ0) is 12.3. The number of Topliss-reactive ketones (excluding diaryl/α,β-unsaturated/α-hetero) is 1. The fourth-order valence-corrected chi connectivity index (χ4v) is 3.78. The largest absolute Gasteiger partial charge is 0.314 e. The summed E-state index contributed by atoms with van der Waals surface area (Å²) in [6, 6.07) is 2.30. The maximum atomic E-state index is 12.1. The van der Waals surface area contributed by atoms with Crippen molar-refractivity contribution in [2.24, 2.45) is 5.92 Å². The molecule has 1 fully saturated rings. The molecule has 1 aliphatic rings. The van der Waals surface area contributed by atoms with Crippen LogP contribution in [0.15, 0.2) is 15.9 Å². The van der Waals surface area contributed by atoms with Gasteiger partial charge in [0.15, 0.2) is 5.78 Å². The first kappa shape index (κ1) is 13.2. The lowest BCUT2D eigenvalue weighted by Crippen LogP contribution is -2.39. The molecule has 0 saturated carbocycles. The van der Waals surface area contributed by atoms with Gasteiger partial charge in [0.25, 0.3) is 0 Å². The molecule has 2 atom stereocenters. The van der Waals surface area contributed by atoms with Gasteiger partial charge in [0.1, 0.15) is 0 Å². The average molecular weight is 316 g/mol. The van der Waals surface area contributed by atoms with Crippen molar-refractivity contribution in [2.45, 2.75) is 38.6 Å². The van der Waals surface area contributed by atoms with E-state index >= 15 is 0 Å². The molecule has 2 nitrogen and oxygen atoms in total. The molecule has 0 aliphatic carbocycles. The number of halogens is 1. The van der Waals surface area contributed by atoms with Gasteiger partial charge < -0.3 is 5.32 Å². The first-order valence-electron chi connectivity index (χ1n) is 6.19. The standard InChI is InChI=1S/C13H18BrNOS/c1-2-9-3-4-15-11(5-9)7-12(16)13-6-10(14)8-17-13/h6,8-9,11,15H,2-5,7H2,1H3. The number of hydrogen-bond donors (Lipinski definition) is 1. The summed E-state index contributed by atoms with van der Waals surface area (Å²) in [5.74, 6) is 1.07. The molecule has 2 unspecified atom stereocenters. The third-order valence-corrected chi connectivity index (χ3v) is 5.19. The van der Waals surface area contributed by atoms with Gasteiger partial charge in [-0.1, -0.05) is 13.3 Å². The molecule has 1 aromatic rings. The van der Waals surface area contributed by atoms with Gasteiger partial charge in [0.2, 0.25) is 0 Å². The first-order chi connectivity index (χ1) is 8.19. The van der Waals surface area contributed by atoms with Gasteiger partial charge >= 0.3 is 0 Å². The number of rotatable bonds is 4. The molecule has 1 N–H and O–H groups in total. The van der Waals surface area contributed by atoms with Gasteiger partial charge in [-0.05, 0) is 47.3 Å². The quantitative estimate of drug-likeness (QED) is 0.855. The maximum absolute atomic E-state index is 12.1. The highest BCUT2D eigenvalue weighted by Gasteiger charge is 2.23. The van der Waals surface area contributed by atoms with E-state index in [4.69, 9.17) is 0 Å². The highest BCUT2D eigenvalue weighted by Crippen LogP contribution is 2.25. The second kappa shape index (κ2) is 6.12. The Morgan fingerprint density at radius 2 is 2.47 bits per heavy atom. The van der Waals surface area contributed by atoms with E-state index in [1.165, 1.54) is 24.2 Å². The third kappa shape index (κ3) is 3.63. The Bertz CT molecular complexity index is 391. The van der Waals surface area contributed by atoms with E-state index in [1.807, 2.05) is 11.4 Å². The molecular weight excluding hydrogens is 298 g/mol. The minimum atomic E-state index is 0.273. The predicted molar refractivity (Wildman–Crippen MR) is 75.8 cm³/mol. The van der Waals surface area contributed by atoms with Crippen molar-refractivity contribution in [1.82, 2.24) is 5.32 Å². The minimum absolute atomic E-state index is 0.273. The van der Waals surface area contributed by atoms with Gasteiger partial charge in [-0.2, -0.15) is 0 Å². The Morgan fingerprint density at radius 1 is 1.65 bits per heavy atom. The minimum Gasteiger partial charge on any atom is -0.314 e. The van der Waals surface area contributed by atoms with E-state index in [1.54, 1.807) is 0 Å². The monoisotopic (exact) mass is 315 g/mol. The second-order valence-electron chi connectivity index (χ2n) is 4.71. The van der Waals surface area contributed by atoms with E-state index in [2.05, 4.69) is 28.2 Å². The lowest BCUT2D eigenvalue weighted by molar-refractivity contribution is 0.0961. The van der Waals surface area contributed by atoms with Crippen LogP contribution < -0.4 is 5.32 Å². The summed E-state index contributed by atoms with van der Waals surface area (Å²) < 4.78 is 1.01. The van der Waals surface area contributed by atoms with Crippen LogP contribution in [-0.4, -0.2) is 18.4 Å². The average Bonchev–Trinajstić information content (AvgIpc) is 2.76. The number of ketones is 1. The molecule has 0 bridgehead atoms. The van der Waals surface area contributed by atoms with Crippen LogP contribution in [0, 0.1) is 5.92 Å². The van der Waals surface area contributed by atoms with Crippen LogP contribution in [0.25, 0.3) is 0 Å². The molecule has 4 heteroatoms. The molecule has 94 valence electrons. The topological polar surface area (TPSA) is 29.1 Å². The van der Waals surface area contributed by atoms with Gasteiger partial charge in [-0.25, -0.2) is 0 Å². The Labute approximate surface area is 115 Å². The second-order valence-corrected chi connectivity index (χ2v) is 6.53. The van der Waals surface area contributed by atoms with Crippen molar-refractivity contribution in [3.63, 3.8) is 0 Å². The highest BCUT2D eigenvalue weighted by atomic mass is 79.9. The molecule has 0 amide bonds. The van der Waals surface area contributed by atoms with Gasteiger partial charge in [0.05, 0.1) is 4.88 Å². The predicted octanol–water partition coefficient (Wildman–Crippen LogP) is 3.86. The number of piperidine rings is 1. The molecule has 0 radical (unpaired) electrons. The Balaban J connectivity index is 1.90. The SMILES string of the molecule is CCC1CCNC(CC(=O)c2cc(Br)cs2)C1. The summed E-state index contributed by atoms with van der Waals surface area (Å²) in [4.78, 5) is 12.9. The van der Waals surface area contributed by atoms with Crippen molar-refractivity contribution in [2.75, 3.05) is 6.54 Å². The van der Waals surface area contributed by atoms with Crippen LogP contribution in [0.2, 0.25) is 0 Å². The summed E-state index contributed by atoms with van der Waals surface area (Å²) in [6.45, 7) is 3.30. The molecule has 17 heavy (non-hydrogen) atoms. The van der Waals surface area contributed by atoms with Crippen LogP contribution in [0.5, 0.6) is 0 Å². The molecule has 0 aromatic carbocycles. The van der Waals surface area contributed by atoms with Crippen LogP contribution in [0.4, 0.5) is 0 Å². The van der Waals surface area contributed by atoms with Crippen LogP contribution in [0.1, 0.15) is 42.3 Å². The van der Waals surface area contributed by atoms with Crippen molar-refractivity contribution in [3.8, 4) is 0 Å². The number of thiophene rings is 1. The van der Waals surface area contributed by atoms with E-state index < -0.39 is 0 Å². The number of nitrogens with one attached hydrogen (secondary N) is 1. The van der Waals surface area contributed by atoms with E-state index in [0.29, 0.717) is 12.5 Å². The summed E-state index contributed by atoms with van der Waals surface area (Å²) in [5.41, 5.74) is 0. The zero-order valence-electron chi connectivity index (χ0n) is 10.0. The molecule has 1 aromatic heterocycles. The normalized spacial score (nSPS) is 24.8. The fourth-order valence-electron chi connectivity index (χ4n) is 2.41.